The molecule has 0 aliphatic carbocycles. The van der Waals surface area contributed by atoms with Crippen molar-refractivity contribution < 1.29 is 26.7 Å². The van der Waals surface area contributed by atoms with E-state index in [-0.39, 0.29) is 0 Å². The second kappa shape index (κ2) is 9.02. The highest BCUT2D eigenvalue weighted by Crippen LogP contribution is 2.39. The molecule has 0 radical (unpaired) electrons. The van der Waals surface area contributed by atoms with Crippen LogP contribution in [0.5, 0.6) is 5.75 Å². The minimum absolute atomic E-state index is 0.477. The first-order chi connectivity index (χ1) is 13.4. The fraction of sp³-hybridized carbons (Fsp3) is 0.350. The molecule has 0 aliphatic heterocycles. The van der Waals surface area contributed by atoms with Gasteiger partial charge in [0.25, 0.3) is 0 Å². The summed E-state index contributed by atoms with van der Waals surface area (Å²) in [5, 5.41) is 0. The minimum Gasteiger partial charge on any atom is -0.426 e. The van der Waals surface area contributed by atoms with Crippen molar-refractivity contribution in [2.45, 2.75) is 42.8 Å². The van der Waals surface area contributed by atoms with Gasteiger partial charge in [-0.25, -0.2) is 4.99 Å². The van der Waals surface area contributed by atoms with E-state index in [1.54, 1.807) is 12.4 Å². The van der Waals surface area contributed by atoms with Gasteiger partial charge in [0.2, 0.25) is 0 Å². The minimum atomic E-state index is -5.79. The SMILES string of the molecule is CCN(C)C=Nc1cc(C)c(Sc2cccc(OC(F)(F)C(F)(F)F)c2)cc1C. The number of halogens is 5. The lowest BCUT2D eigenvalue weighted by Gasteiger charge is -2.20. The highest BCUT2D eigenvalue weighted by molar-refractivity contribution is 7.99. The van der Waals surface area contributed by atoms with Gasteiger partial charge in [-0.2, -0.15) is 22.0 Å². The largest absolute Gasteiger partial charge is 0.499 e. The maximum Gasteiger partial charge on any atom is 0.499 e. The van der Waals surface area contributed by atoms with Crippen molar-refractivity contribution in [2.24, 2.45) is 4.99 Å². The number of ether oxygens (including phenoxy) is 1. The molecule has 0 unspecified atom stereocenters. The summed E-state index contributed by atoms with van der Waals surface area (Å²) in [6.45, 7) is 6.60. The summed E-state index contributed by atoms with van der Waals surface area (Å²) in [4.78, 5) is 7.69. The number of rotatable bonds is 7. The van der Waals surface area contributed by atoms with Crippen molar-refractivity contribution in [2.75, 3.05) is 13.6 Å². The first-order valence-electron chi connectivity index (χ1n) is 8.70. The lowest BCUT2D eigenvalue weighted by atomic mass is 10.1. The Hall–Kier alpha value is -2.29. The normalized spacial score (nSPS) is 12.4. The quantitative estimate of drug-likeness (QED) is 0.280. The Bertz CT molecular complexity index is 884. The van der Waals surface area contributed by atoms with Gasteiger partial charge < -0.3 is 9.64 Å². The number of benzene rings is 2. The molecular weight excluding hydrogens is 411 g/mol. The molecule has 0 atom stereocenters. The van der Waals surface area contributed by atoms with E-state index < -0.39 is 18.0 Å². The average molecular weight is 432 g/mol. The molecule has 158 valence electrons. The van der Waals surface area contributed by atoms with Crippen LogP contribution in [0.25, 0.3) is 0 Å². The van der Waals surface area contributed by atoms with Gasteiger partial charge in [-0.05, 0) is 62.2 Å². The van der Waals surface area contributed by atoms with Gasteiger partial charge in [-0.3, -0.25) is 0 Å². The van der Waals surface area contributed by atoms with Gasteiger partial charge in [0.15, 0.2) is 0 Å². The van der Waals surface area contributed by atoms with E-state index >= 15 is 0 Å². The van der Waals surface area contributed by atoms with Crippen LogP contribution in [-0.2, 0) is 0 Å². The summed E-state index contributed by atoms with van der Waals surface area (Å²) >= 11 is 1.25. The van der Waals surface area contributed by atoms with Crippen LogP contribution in [0.4, 0.5) is 27.6 Å². The average Bonchev–Trinajstić information content (AvgIpc) is 2.62. The van der Waals surface area contributed by atoms with Crippen LogP contribution in [-0.4, -0.2) is 37.1 Å². The Kier molecular flexibility index (Phi) is 7.15. The van der Waals surface area contributed by atoms with Gasteiger partial charge in [0.05, 0.1) is 12.0 Å². The number of hydrogen-bond donors (Lipinski definition) is 0. The highest BCUT2D eigenvalue weighted by Gasteiger charge is 2.61. The zero-order chi connectivity index (χ0) is 21.8. The number of aliphatic imine (C=N–C) groups is 1. The number of aryl methyl sites for hydroxylation is 2. The molecule has 29 heavy (non-hydrogen) atoms. The summed E-state index contributed by atoms with van der Waals surface area (Å²) in [5.74, 6) is -0.560. The summed E-state index contributed by atoms with van der Waals surface area (Å²) in [6.07, 6.45) is -9.31. The van der Waals surface area contributed by atoms with E-state index in [0.29, 0.717) is 4.90 Å². The summed E-state index contributed by atoms with van der Waals surface area (Å²) in [6, 6.07) is 8.99. The second-order valence-electron chi connectivity index (χ2n) is 6.42. The third kappa shape index (κ3) is 6.09. The van der Waals surface area contributed by atoms with Crippen LogP contribution >= 0.6 is 11.8 Å². The van der Waals surface area contributed by atoms with Gasteiger partial charge in [0, 0.05) is 23.4 Å². The Balaban J connectivity index is 2.22. The number of alkyl halides is 5. The first kappa shape index (κ1) is 23.0. The molecule has 0 amide bonds. The molecule has 0 spiro atoms. The summed E-state index contributed by atoms with van der Waals surface area (Å²) < 4.78 is 67.2. The molecule has 2 rings (SSSR count). The van der Waals surface area contributed by atoms with Crippen molar-refractivity contribution in [1.82, 2.24) is 4.90 Å². The number of hydrogen-bond acceptors (Lipinski definition) is 3. The third-order valence-electron chi connectivity index (χ3n) is 4.00. The van der Waals surface area contributed by atoms with E-state index in [1.807, 2.05) is 44.9 Å². The molecule has 0 fully saturated rings. The molecule has 2 aromatic rings. The van der Waals surface area contributed by atoms with Crippen molar-refractivity contribution in [3.05, 3.63) is 47.5 Å². The second-order valence-corrected chi connectivity index (χ2v) is 7.53. The molecule has 9 heteroatoms. The zero-order valence-electron chi connectivity index (χ0n) is 16.3. The first-order valence-corrected chi connectivity index (χ1v) is 9.51. The van der Waals surface area contributed by atoms with E-state index in [4.69, 9.17) is 0 Å². The molecule has 0 N–H and O–H groups in total. The Morgan fingerprint density at radius 3 is 2.38 bits per heavy atom. The van der Waals surface area contributed by atoms with Crippen LogP contribution in [0.1, 0.15) is 18.1 Å². The van der Waals surface area contributed by atoms with E-state index in [2.05, 4.69) is 9.73 Å². The Labute approximate surface area is 170 Å². The van der Waals surface area contributed by atoms with Crippen LogP contribution < -0.4 is 4.74 Å². The van der Waals surface area contributed by atoms with Crippen LogP contribution in [0.2, 0.25) is 0 Å². The van der Waals surface area contributed by atoms with Gasteiger partial charge in [-0.1, -0.05) is 17.8 Å². The van der Waals surface area contributed by atoms with Crippen LogP contribution in [0.3, 0.4) is 0 Å². The molecular formula is C20H21F5N2OS. The maximum absolute atomic E-state index is 13.1. The third-order valence-corrected chi connectivity index (χ3v) is 5.14. The van der Waals surface area contributed by atoms with Gasteiger partial charge in [0.1, 0.15) is 5.75 Å². The van der Waals surface area contributed by atoms with Crippen molar-refractivity contribution >= 4 is 23.8 Å². The topological polar surface area (TPSA) is 24.8 Å². The van der Waals surface area contributed by atoms with Crippen LogP contribution in [0.15, 0.2) is 51.2 Å². The molecule has 0 saturated carbocycles. The van der Waals surface area contributed by atoms with E-state index in [1.165, 1.54) is 17.8 Å². The van der Waals surface area contributed by atoms with E-state index in [0.717, 1.165) is 40.4 Å². The highest BCUT2D eigenvalue weighted by atomic mass is 32.2. The van der Waals surface area contributed by atoms with Crippen LogP contribution in [0, 0.1) is 13.8 Å². The molecule has 0 aliphatic rings. The molecule has 0 bridgehead atoms. The van der Waals surface area contributed by atoms with Crippen molar-refractivity contribution in [3.63, 3.8) is 0 Å². The summed E-state index contributed by atoms with van der Waals surface area (Å²) in [7, 11) is 1.91. The predicted molar refractivity (Wildman–Crippen MR) is 105 cm³/mol. The molecule has 0 aromatic heterocycles. The standard InChI is InChI=1S/C20H21F5N2OS/c1-5-27(4)12-26-17-9-14(3)18(10-13(17)2)29-16-8-6-7-15(11-16)28-20(24,25)19(21,22)23/h6-12H,5H2,1-4H3. The van der Waals surface area contributed by atoms with Crippen molar-refractivity contribution in [3.8, 4) is 5.75 Å². The lowest BCUT2D eigenvalue weighted by molar-refractivity contribution is -0.360. The van der Waals surface area contributed by atoms with Gasteiger partial charge >= 0.3 is 12.3 Å². The lowest BCUT2D eigenvalue weighted by Crippen LogP contribution is -2.41. The van der Waals surface area contributed by atoms with Crippen molar-refractivity contribution in [1.29, 1.82) is 0 Å². The number of nitrogens with zero attached hydrogens (tertiary/aromatic N) is 2. The molecule has 3 nitrogen and oxygen atoms in total. The smallest absolute Gasteiger partial charge is 0.426 e. The molecule has 0 saturated heterocycles. The van der Waals surface area contributed by atoms with Gasteiger partial charge in [-0.15, -0.1) is 0 Å². The fourth-order valence-electron chi connectivity index (χ4n) is 2.20. The predicted octanol–water partition coefficient (Wildman–Crippen LogP) is 6.60. The zero-order valence-corrected chi connectivity index (χ0v) is 17.2. The fourth-order valence-corrected chi connectivity index (χ4v) is 3.23. The Morgan fingerprint density at radius 1 is 1.07 bits per heavy atom. The molecule has 0 heterocycles. The Morgan fingerprint density at radius 2 is 1.76 bits per heavy atom. The summed E-state index contributed by atoms with van der Waals surface area (Å²) in [5.41, 5.74) is 2.61. The monoisotopic (exact) mass is 432 g/mol. The van der Waals surface area contributed by atoms with E-state index in [9.17, 15) is 22.0 Å². The molecule has 2 aromatic carbocycles. The maximum atomic E-state index is 13.1.